The number of carbonyl (C=O) groups is 3. The second-order valence-corrected chi connectivity index (χ2v) is 9.39. The number of halogens is 1. The number of methoxy groups -OCH3 is 1. The number of amides is 2. The van der Waals surface area contributed by atoms with Gasteiger partial charge in [0.1, 0.15) is 11.9 Å². The van der Waals surface area contributed by atoms with Gasteiger partial charge in [-0.2, -0.15) is 0 Å². The number of ether oxygens (including phenoxy) is 1. The highest BCUT2D eigenvalue weighted by molar-refractivity contribution is 5.98. The molecule has 0 spiro atoms. The summed E-state index contributed by atoms with van der Waals surface area (Å²) in [4.78, 5) is 43.1. The molecule has 0 radical (unpaired) electrons. The minimum atomic E-state index is -1.09. The van der Waals surface area contributed by atoms with E-state index >= 15 is 0 Å². The van der Waals surface area contributed by atoms with Crippen molar-refractivity contribution in [3.05, 3.63) is 52.5 Å². The molecule has 1 atom stereocenters. The van der Waals surface area contributed by atoms with Crippen molar-refractivity contribution in [1.29, 1.82) is 0 Å². The molecule has 34 heavy (non-hydrogen) atoms. The summed E-state index contributed by atoms with van der Waals surface area (Å²) in [5.74, 6) is -2.00. The van der Waals surface area contributed by atoms with Crippen molar-refractivity contribution in [3.63, 3.8) is 0 Å². The van der Waals surface area contributed by atoms with Crippen LogP contribution in [-0.4, -0.2) is 46.4 Å². The van der Waals surface area contributed by atoms with Gasteiger partial charge in [-0.1, -0.05) is 13.8 Å². The van der Waals surface area contributed by atoms with Crippen LogP contribution in [0.3, 0.4) is 0 Å². The monoisotopic (exact) mass is 469 g/mol. The summed E-state index contributed by atoms with van der Waals surface area (Å²) < 4.78 is 20.1. The van der Waals surface area contributed by atoms with E-state index in [4.69, 9.17) is 9.84 Å². The summed E-state index contributed by atoms with van der Waals surface area (Å²) in [5, 5.41) is 11.8. The smallest absolute Gasteiger partial charge is 0.303 e. The maximum Gasteiger partial charge on any atom is 0.303 e. The molecule has 0 saturated carbocycles. The fraction of sp³-hybridized carbons (Fsp3) is 0.440. The van der Waals surface area contributed by atoms with Crippen LogP contribution >= 0.6 is 0 Å². The molecule has 180 valence electrons. The van der Waals surface area contributed by atoms with Crippen LogP contribution in [-0.2, 0) is 32.6 Å². The lowest BCUT2D eigenvalue weighted by molar-refractivity contribution is -0.143. The third-order valence-corrected chi connectivity index (χ3v) is 6.65. The number of carboxylic acids is 1. The Morgan fingerprint density at radius 3 is 2.71 bits per heavy atom. The molecule has 1 aromatic heterocycles. The zero-order valence-electron chi connectivity index (χ0n) is 19.5. The standard InChI is InChI=1S/C25H28FN3O5/c1-25(2)10-8-14-12-15(13-17(26)22(14)25)27-24(33)23-16-4-5-19(34-3)28-18(16)9-11-29(23)20(30)6-7-21(31)32/h4-5,12-13,23H,6-11H2,1-3H3,(H,27,33)(H,31,32)/t23-/m1/s1. The van der Waals surface area contributed by atoms with Crippen molar-refractivity contribution in [2.24, 2.45) is 0 Å². The Labute approximate surface area is 197 Å². The highest BCUT2D eigenvalue weighted by atomic mass is 19.1. The maximum absolute atomic E-state index is 14.9. The molecule has 0 bridgehead atoms. The first-order valence-corrected chi connectivity index (χ1v) is 11.3. The van der Waals surface area contributed by atoms with Gasteiger partial charge in [0.05, 0.1) is 19.2 Å². The Balaban J connectivity index is 1.66. The van der Waals surface area contributed by atoms with E-state index in [9.17, 15) is 18.8 Å². The number of rotatable bonds is 6. The number of aliphatic carboxylic acids is 1. The molecule has 1 aliphatic heterocycles. The van der Waals surface area contributed by atoms with E-state index in [0.29, 0.717) is 34.8 Å². The van der Waals surface area contributed by atoms with E-state index < -0.39 is 23.8 Å². The second-order valence-electron chi connectivity index (χ2n) is 9.39. The SMILES string of the molecule is COc1ccc2c(n1)CCN(C(=O)CCC(=O)O)[C@H]2C(=O)Nc1cc(F)c2c(c1)CCC2(C)C. The highest BCUT2D eigenvalue weighted by Crippen LogP contribution is 2.41. The number of anilines is 1. The molecule has 2 aromatic rings. The van der Waals surface area contributed by atoms with Crippen molar-refractivity contribution in [2.45, 2.75) is 57.4 Å². The minimum Gasteiger partial charge on any atom is -0.481 e. The number of carbonyl (C=O) groups excluding carboxylic acids is 2. The summed E-state index contributed by atoms with van der Waals surface area (Å²) in [6.45, 7) is 4.21. The molecular weight excluding hydrogens is 441 g/mol. The fourth-order valence-corrected chi connectivity index (χ4v) is 4.96. The van der Waals surface area contributed by atoms with Crippen molar-refractivity contribution >= 4 is 23.5 Å². The molecule has 4 rings (SSSR count). The first-order valence-electron chi connectivity index (χ1n) is 11.3. The summed E-state index contributed by atoms with van der Waals surface area (Å²) in [7, 11) is 1.49. The lowest BCUT2D eigenvalue weighted by Crippen LogP contribution is -2.45. The molecule has 2 aliphatic rings. The van der Waals surface area contributed by atoms with Gasteiger partial charge in [-0.25, -0.2) is 9.37 Å². The largest absolute Gasteiger partial charge is 0.481 e. The number of nitrogens with one attached hydrogen (secondary N) is 1. The number of benzene rings is 1. The number of pyridine rings is 1. The normalized spacial score (nSPS) is 18.1. The lowest BCUT2D eigenvalue weighted by atomic mass is 9.86. The summed E-state index contributed by atoms with van der Waals surface area (Å²) in [6.07, 6.45) is 1.40. The van der Waals surface area contributed by atoms with Crippen LogP contribution < -0.4 is 10.1 Å². The Morgan fingerprint density at radius 1 is 1.24 bits per heavy atom. The van der Waals surface area contributed by atoms with E-state index in [1.165, 1.54) is 18.1 Å². The molecule has 0 fully saturated rings. The second kappa shape index (κ2) is 9.04. The van der Waals surface area contributed by atoms with Crippen LogP contribution in [0.1, 0.15) is 61.5 Å². The zero-order valence-corrected chi connectivity index (χ0v) is 19.5. The van der Waals surface area contributed by atoms with Gasteiger partial charge in [-0.15, -0.1) is 0 Å². The number of hydrogen-bond donors (Lipinski definition) is 2. The molecular formula is C25H28FN3O5. The fourth-order valence-electron chi connectivity index (χ4n) is 4.96. The molecule has 8 nitrogen and oxygen atoms in total. The van der Waals surface area contributed by atoms with Gasteiger partial charge in [-0.3, -0.25) is 14.4 Å². The maximum atomic E-state index is 14.9. The van der Waals surface area contributed by atoms with E-state index in [2.05, 4.69) is 10.3 Å². The topological polar surface area (TPSA) is 109 Å². The van der Waals surface area contributed by atoms with Crippen molar-refractivity contribution in [3.8, 4) is 5.88 Å². The number of carboxylic acid groups (broad SMARTS) is 1. The highest BCUT2D eigenvalue weighted by Gasteiger charge is 2.38. The molecule has 0 unspecified atom stereocenters. The Hall–Kier alpha value is -3.49. The predicted octanol–water partition coefficient (Wildman–Crippen LogP) is 3.38. The first-order chi connectivity index (χ1) is 16.1. The van der Waals surface area contributed by atoms with Crippen molar-refractivity contribution < 1.29 is 28.6 Å². The van der Waals surface area contributed by atoms with Gasteiger partial charge in [0.2, 0.25) is 11.8 Å². The average Bonchev–Trinajstić information content (AvgIpc) is 3.10. The van der Waals surface area contributed by atoms with Gasteiger partial charge in [0.25, 0.3) is 5.91 Å². The molecule has 1 aromatic carbocycles. The van der Waals surface area contributed by atoms with E-state index in [1.54, 1.807) is 18.2 Å². The first kappa shape index (κ1) is 23.7. The van der Waals surface area contributed by atoms with Gasteiger partial charge in [0.15, 0.2) is 0 Å². The molecule has 1 aliphatic carbocycles. The summed E-state index contributed by atoms with van der Waals surface area (Å²) in [5.41, 5.74) is 2.77. The molecule has 2 amide bonds. The lowest BCUT2D eigenvalue weighted by Gasteiger charge is -2.36. The predicted molar refractivity (Wildman–Crippen MR) is 122 cm³/mol. The van der Waals surface area contributed by atoms with E-state index in [0.717, 1.165) is 18.4 Å². The van der Waals surface area contributed by atoms with E-state index in [1.807, 2.05) is 13.8 Å². The molecule has 2 N–H and O–H groups in total. The number of aromatic nitrogens is 1. The molecule has 9 heteroatoms. The van der Waals surface area contributed by atoms with Gasteiger partial charge in [0, 0.05) is 36.7 Å². The van der Waals surface area contributed by atoms with Crippen LogP contribution in [0.5, 0.6) is 5.88 Å². The van der Waals surface area contributed by atoms with Crippen LogP contribution in [0, 0.1) is 5.82 Å². The molecule has 0 saturated heterocycles. The van der Waals surface area contributed by atoms with Crippen LogP contribution in [0.4, 0.5) is 10.1 Å². The van der Waals surface area contributed by atoms with Gasteiger partial charge >= 0.3 is 5.97 Å². The van der Waals surface area contributed by atoms with Crippen LogP contribution in [0.25, 0.3) is 0 Å². The van der Waals surface area contributed by atoms with Crippen LogP contribution in [0.15, 0.2) is 24.3 Å². The number of aryl methyl sites for hydroxylation is 1. The van der Waals surface area contributed by atoms with Crippen LogP contribution in [0.2, 0.25) is 0 Å². The third-order valence-electron chi connectivity index (χ3n) is 6.65. The Bertz CT molecular complexity index is 1160. The number of fused-ring (bicyclic) bond motifs is 2. The van der Waals surface area contributed by atoms with Crippen molar-refractivity contribution in [2.75, 3.05) is 19.0 Å². The zero-order chi connectivity index (χ0) is 24.6. The van der Waals surface area contributed by atoms with E-state index in [-0.39, 0.29) is 30.6 Å². The summed E-state index contributed by atoms with van der Waals surface area (Å²) in [6, 6.07) is 5.39. The van der Waals surface area contributed by atoms with Gasteiger partial charge < -0.3 is 20.1 Å². The Morgan fingerprint density at radius 2 is 2.00 bits per heavy atom. The Kier molecular flexibility index (Phi) is 6.29. The number of hydrogen-bond acceptors (Lipinski definition) is 5. The average molecular weight is 470 g/mol. The van der Waals surface area contributed by atoms with Gasteiger partial charge in [-0.05, 0) is 47.6 Å². The van der Waals surface area contributed by atoms with Crippen molar-refractivity contribution in [1.82, 2.24) is 9.88 Å². The summed E-state index contributed by atoms with van der Waals surface area (Å²) >= 11 is 0. The quantitative estimate of drug-likeness (QED) is 0.671. The minimum absolute atomic E-state index is 0.205. The number of nitrogens with zero attached hydrogens (tertiary/aromatic N) is 2. The molecule has 2 heterocycles. The third kappa shape index (κ3) is 4.47.